The lowest BCUT2D eigenvalue weighted by Gasteiger charge is -2.42. The van der Waals surface area contributed by atoms with E-state index in [1.165, 1.54) is 12.8 Å². The Morgan fingerprint density at radius 3 is 2.24 bits per heavy atom. The lowest BCUT2D eigenvalue weighted by atomic mass is 9.95. The van der Waals surface area contributed by atoms with Crippen LogP contribution in [0.1, 0.15) is 87.0 Å². The highest BCUT2D eigenvalue weighted by Gasteiger charge is 2.46. The highest BCUT2D eigenvalue weighted by atomic mass is 79.9. The monoisotopic (exact) mass is 635 g/mol. The van der Waals surface area contributed by atoms with Crippen LogP contribution in [0, 0.1) is 5.82 Å². The van der Waals surface area contributed by atoms with Gasteiger partial charge in [-0.2, -0.15) is 9.97 Å². The van der Waals surface area contributed by atoms with Crippen LogP contribution in [-0.2, 0) is 4.74 Å². The second-order valence-corrected chi connectivity index (χ2v) is 12.8. The van der Waals surface area contributed by atoms with Crippen LogP contribution in [0.25, 0.3) is 10.9 Å². The summed E-state index contributed by atoms with van der Waals surface area (Å²) in [6, 6.07) is 3.82. The molecule has 4 fully saturated rings. The van der Waals surface area contributed by atoms with Crippen LogP contribution >= 0.6 is 15.9 Å². The number of anilines is 1. The van der Waals surface area contributed by atoms with Gasteiger partial charge in [-0.1, -0.05) is 27.7 Å². The fourth-order valence-corrected chi connectivity index (χ4v) is 7.08. The Hall–Kier alpha value is -2.20. The van der Waals surface area contributed by atoms with Crippen LogP contribution < -0.4 is 9.64 Å². The molecule has 4 saturated heterocycles. The van der Waals surface area contributed by atoms with Crippen molar-refractivity contribution in [1.82, 2.24) is 19.8 Å². The topological polar surface area (TPSA) is 71.0 Å². The highest BCUT2D eigenvalue weighted by molar-refractivity contribution is 9.10. The molecule has 0 saturated carbocycles. The van der Waals surface area contributed by atoms with Gasteiger partial charge in [-0.05, 0) is 100 Å². The SMILES string of the molecule is CC.CC.CC(C)(C)OC(=O)N1C2CCC1CN(c1nc(OCC34CCCN3CCC4)nc3c(F)c(Br)ccc13)C2. The van der Waals surface area contributed by atoms with E-state index in [0.717, 1.165) is 38.8 Å². The normalized spacial score (nSPS) is 23.0. The Balaban J connectivity index is 0.000000929. The average molecular weight is 637 g/mol. The number of aromatic nitrogens is 2. The summed E-state index contributed by atoms with van der Waals surface area (Å²) in [4.78, 5) is 28.9. The predicted octanol–water partition coefficient (Wildman–Crippen LogP) is 7.18. The Bertz CT molecular complexity index is 1200. The number of ether oxygens (including phenoxy) is 2. The molecule has 1 amide bonds. The number of nitrogens with zero attached hydrogens (tertiary/aromatic N) is 5. The summed E-state index contributed by atoms with van der Waals surface area (Å²) in [5.41, 5.74) is -0.239. The van der Waals surface area contributed by atoms with Gasteiger partial charge < -0.3 is 14.4 Å². The standard InChI is InChI=1S/C27H35BrFN5O3.2C2H6/c1-26(2,3)37-25(35)34-17-6-7-18(34)15-32(14-17)23-19-8-9-20(28)21(29)22(19)30-24(31-23)36-16-27-10-4-12-33(27)13-5-11-27;2*1-2/h8-9,17-18H,4-7,10-16H2,1-3H3;2*1-2H3. The van der Waals surface area contributed by atoms with Crippen LogP contribution in [0.5, 0.6) is 6.01 Å². The number of amides is 1. The van der Waals surface area contributed by atoms with E-state index in [0.29, 0.717) is 35.4 Å². The van der Waals surface area contributed by atoms with Gasteiger partial charge in [-0.25, -0.2) is 9.18 Å². The van der Waals surface area contributed by atoms with Crippen molar-refractivity contribution in [3.05, 3.63) is 22.4 Å². The van der Waals surface area contributed by atoms with Gasteiger partial charge in [0.15, 0.2) is 5.82 Å². The van der Waals surface area contributed by atoms with Crippen molar-refractivity contribution in [2.45, 2.75) is 110 Å². The molecule has 2 aromatic rings. The number of halogens is 2. The minimum absolute atomic E-state index is 0.0210. The molecular weight excluding hydrogens is 589 g/mol. The van der Waals surface area contributed by atoms with Gasteiger partial charge in [0.25, 0.3) is 0 Å². The average Bonchev–Trinajstić information content (AvgIpc) is 3.61. The summed E-state index contributed by atoms with van der Waals surface area (Å²) in [6.07, 6.45) is 6.14. The second kappa shape index (κ2) is 13.0. The van der Waals surface area contributed by atoms with Crippen molar-refractivity contribution in [1.29, 1.82) is 0 Å². The summed E-state index contributed by atoms with van der Waals surface area (Å²) in [5, 5.41) is 0.652. The zero-order valence-corrected chi connectivity index (χ0v) is 27.4. The Morgan fingerprint density at radius 2 is 1.66 bits per heavy atom. The van der Waals surface area contributed by atoms with Crippen LogP contribution in [0.4, 0.5) is 15.0 Å². The van der Waals surface area contributed by atoms with Gasteiger partial charge in [0.05, 0.1) is 22.1 Å². The van der Waals surface area contributed by atoms with E-state index in [4.69, 9.17) is 14.5 Å². The first-order valence-electron chi connectivity index (χ1n) is 15.4. The van der Waals surface area contributed by atoms with Gasteiger partial charge in [0, 0.05) is 18.5 Å². The molecular formula is C31H47BrFN5O3. The zero-order chi connectivity index (χ0) is 29.9. The number of piperazine rings is 1. The molecule has 4 aliphatic rings. The molecule has 2 bridgehead atoms. The van der Waals surface area contributed by atoms with E-state index in [2.05, 4.69) is 30.7 Å². The van der Waals surface area contributed by atoms with Gasteiger partial charge in [-0.3, -0.25) is 9.80 Å². The molecule has 1 aromatic heterocycles. The number of hydrogen-bond acceptors (Lipinski definition) is 7. The van der Waals surface area contributed by atoms with Gasteiger partial charge in [0.1, 0.15) is 23.5 Å². The molecule has 2 unspecified atom stereocenters. The van der Waals surface area contributed by atoms with E-state index < -0.39 is 11.4 Å². The Kier molecular flexibility index (Phi) is 10.0. The smallest absolute Gasteiger partial charge is 0.410 e. The first kappa shape index (κ1) is 31.7. The molecule has 6 rings (SSSR count). The minimum Gasteiger partial charge on any atom is -0.461 e. The molecule has 8 nitrogen and oxygen atoms in total. The first-order chi connectivity index (χ1) is 19.6. The molecule has 41 heavy (non-hydrogen) atoms. The van der Waals surface area contributed by atoms with E-state index in [9.17, 15) is 4.79 Å². The largest absolute Gasteiger partial charge is 0.461 e. The maximum atomic E-state index is 15.3. The van der Waals surface area contributed by atoms with Gasteiger partial charge in [0.2, 0.25) is 0 Å². The second-order valence-electron chi connectivity index (χ2n) is 12.0. The number of benzene rings is 1. The van der Waals surface area contributed by atoms with E-state index >= 15 is 4.39 Å². The Labute approximate surface area is 253 Å². The quantitative estimate of drug-likeness (QED) is 0.352. The van der Waals surface area contributed by atoms with Crippen molar-refractivity contribution in [3.63, 3.8) is 0 Å². The van der Waals surface area contributed by atoms with Crippen molar-refractivity contribution in [2.75, 3.05) is 37.7 Å². The molecule has 2 atom stereocenters. The highest BCUT2D eigenvalue weighted by Crippen LogP contribution is 2.40. The third kappa shape index (κ3) is 6.43. The van der Waals surface area contributed by atoms with Crippen LogP contribution in [-0.4, -0.2) is 81.9 Å². The fourth-order valence-electron chi connectivity index (χ4n) is 6.76. The van der Waals surface area contributed by atoms with E-state index in [1.807, 2.05) is 59.4 Å². The molecule has 0 N–H and O–H groups in total. The lowest BCUT2D eigenvalue weighted by molar-refractivity contribution is 0.0122. The summed E-state index contributed by atoms with van der Waals surface area (Å²) < 4.78 is 27.6. The molecule has 0 radical (unpaired) electrons. The fraction of sp³-hybridized carbons (Fsp3) is 0.710. The maximum Gasteiger partial charge on any atom is 0.410 e. The third-order valence-corrected chi connectivity index (χ3v) is 9.00. The van der Waals surface area contributed by atoms with Gasteiger partial charge in [-0.15, -0.1) is 0 Å². The molecule has 5 heterocycles. The molecule has 1 aromatic carbocycles. The summed E-state index contributed by atoms with van der Waals surface area (Å²) >= 11 is 3.31. The molecule has 0 aliphatic carbocycles. The number of rotatable bonds is 4. The third-order valence-electron chi connectivity index (χ3n) is 8.39. The van der Waals surface area contributed by atoms with E-state index in [-0.39, 0.29) is 35.2 Å². The predicted molar refractivity (Wildman–Crippen MR) is 165 cm³/mol. The number of hydrogen-bond donors (Lipinski definition) is 0. The van der Waals surface area contributed by atoms with Crippen molar-refractivity contribution in [3.8, 4) is 6.01 Å². The van der Waals surface area contributed by atoms with Crippen molar-refractivity contribution < 1.29 is 18.7 Å². The number of carbonyl (C=O) groups excluding carboxylic acids is 1. The maximum absolute atomic E-state index is 15.3. The van der Waals surface area contributed by atoms with Crippen LogP contribution in [0.15, 0.2) is 16.6 Å². The molecule has 228 valence electrons. The molecule has 0 spiro atoms. The first-order valence-corrected chi connectivity index (χ1v) is 16.2. The van der Waals surface area contributed by atoms with Crippen molar-refractivity contribution in [2.24, 2.45) is 0 Å². The number of carbonyl (C=O) groups is 1. The summed E-state index contributed by atoms with van der Waals surface area (Å²) in [5.74, 6) is 0.252. The molecule has 10 heteroatoms. The van der Waals surface area contributed by atoms with Crippen molar-refractivity contribution >= 4 is 38.7 Å². The summed E-state index contributed by atoms with van der Waals surface area (Å²) in [7, 11) is 0. The van der Waals surface area contributed by atoms with Crippen LogP contribution in [0.3, 0.4) is 0 Å². The lowest BCUT2D eigenvalue weighted by Crippen LogP contribution is -2.57. The Morgan fingerprint density at radius 1 is 1.05 bits per heavy atom. The van der Waals surface area contributed by atoms with Gasteiger partial charge >= 0.3 is 12.1 Å². The van der Waals surface area contributed by atoms with Crippen LogP contribution in [0.2, 0.25) is 0 Å². The molecule has 4 aliphatic heterocycles. The minimum atomic E-state index is -0.540. The summed E-state index contributed by atoms with van der Waals surface area (Å²) in [6.45, 7) is 17.6. The number of fused-ring (bicyclic) bond motifs is 4. The zero-order valence-electron chi connectivity index (χ0n) is 25.8. The van der Waals surface area contributed by atoms with E-state index in [1.54, 1.807) is 6.07 Å².